The van der Waals surface area contributed by atoms with Crippen LogP contribution >= 0.6 is 0 Å². The molecule has 0 saturated heterocycles. The Morgan fingerprint density at radius 1 is 1.04 bits per heavy atom. The van der Waals surface area contributed by atoms with E-state index in [9.17, 15) is 9.59 Å². The molecular weight excluding hydrogens is 350 g/mol. The summed E-state index contributed by atoms with van der Waals surface area (Å²) < 4.78 is 5.36. The molecule has 1 saturated carbocycles. The normalized spacial score (nSPS) is 17.9. The van der Waals surface area contributed by atoms with Crippen molar-refractivity contribution in [2.24, 2.45) is 0 Å². The van der Waals surface area contributed by atoms with Crippen LogP contribution in [0.2, 0.25) is 0 Å². The third-order valence-electron chi connectivity index (χ3n) is 6.05. The molecule has 2 aromatic carbocycles. The van der Waals surface area contributed by atoms with Crippen molar-refractivity contribution in [2.45, 2.75) is 56.9 Å². The Morgan fingerprint density at radius 2 is 1.75 bits per heavy atom. The van der Waals surface area contributed by atoms with E-state index in [-0.39, 0.29) is 24.5 Å². The van der Waals surface area contributed by atoms with Gasteiger partial charge >= 0.3 is 5.97 Å². The summed E-state index contributed by atoms with van der Waals surface area (Å²) in [6.07, 6.45) is 6.31. The molecule has 1 amide bonds. The molecule has 0 unspecified atom stereocenters. The maximum Gasteiger partial charge on any atom is 0.317 e. The Kier molecular flexibility index (Phi) is 5.21. The van der Waals surface area contributed by atoms with Crippen molar-refractivity contribution >= 4 is 11.9 Å². The summed E-state index contributed by atoms with van der Waals surface area (Å²) in [5.41, 5.74) is 4.35. The van der Waals surface area contributed by atoms with E-state index in [4.69, 9.17) is 4.74 Å². The van der Waals surface area contributed by atoms with Crippen LogP contribution in [-0.4, -0.2) is 18.5 Å². The largest absolute Gasteiger partial charge is 0.455 e. The third-order valence-corrected chi connectivity index (χ3v) is 6.05. The van der Waals surface area contributed by atoms with Crippen molar-refractivity contribution in [2.75, 3.05) is 6.61 Å². The van der Waals surface area contributed by atoms with Crippen LogP contribution in [0.15, 0.2) is 48.5 Å². The third kappa shape index (κ3) is 3.82. The molecule has 1 N–H and O–H groups in total. The highest BCUT2D eigenvalue weighted by Gasteiger charge is 2.52. The molecule has 0 bridgehead atoms. The molecule has 0 aromatic heterocycles. The van der Waals surface area contributed by atoms with Crippen molar-refractivity contribution in [1.82, 2.24) is 5.32 Å². The molecule has 4 rings (SSSR count). The van der Waals surface area contributed by atoms with Gasteiger partial charge in [-0.15, -0.1) is 0 Å². The quantitative estimate of drug-likeness (QED) is 0.774. The predicted octanol–water partition coefficient (Wildman–Crippen LogP) is 4.02. The van der Waals surface area contributed by atoms with Gasteiger partial charge in [-0.3, -0.25) is 9.59 Å². The molecule has 28 heavy (non-hydrogen) atoms. The minimum atomic E-state index is -0.550. The van der Waals surface area contributed by atoms with E-state index in [1.165, 1.54) is 24.0 Å². The Bertz CT molecular complexity index is 871. The van der Waals surface area contributed by atoms with Crippen LogP contribution in [0.4, 0.5) is 0 Å². The monoisotopic (exact) mass is 377 g/mol. The number of fused-ring (bicyclic) bond motifs is 1. The number of amides is 1. The molecule has 146 valence electrons. The fourth-order valence-electron chi connectivity index (χ4n) is 4.15. The first-order chi connectivity index (χ1) is 13.6. The molecule has 0 aliphatic heterocycles. The minimum absolute atomic E-state index is 0.109. The van der Waals surface area contributed by atoms with Crippen molar-refractivity contribution in [1.29, 1.82) is 0 Å². The van der Waals surface area contributed by atoms with Crippen LogP contribution < -0.4 is 5.32 Å². The second-order valence-electron chi connectivity index (χ2n) is 8.05. The van der Waals surface area contributed by atoms with Crippen LogP contribution in [-0.2, 0) is 32.6 Å². The lowest BCUT2D eigenvalue weighted by atomic mass is 9.89. The molecule has 2 aromatic rings. The highest BCUT2D eigenvalue weighted by atomic mass is 16.5. The smallest absolute Gasteiger partial charge is 0.317 e. The summed E-state index contributed by atoms with van der Waals surface area (Å²) in [6, 6.07) is 16.1. The van der Waals surface area contributed by atoms with Crippen LogP contribution in [0.1, 0.15) is 60.9 Å². The zero-order valence-corrected chi connectivity index (χ0v) is 16.4. The van der Waals surface area contributed by atoms with Crippen LogP contribution in [0.25, 0.3) is 0 Å². The first-order valence-electron chi connectivity index (χ1n) is 10.2. The number of hydrogen-bond acceptors (Lipinski definition) is 3. The van der Waals surface area contributed by atoms with E-state index in [0.717, 1.165) is 36.8 Å². The highest BCUT2D eigenvalue weighted by Crippen LogP contribution is 2.49. The fourth-order valence-corrected chi connectivity index (χ4v) is 4.15. The first kappa shape index (κ1) is 18.7. The van der Waals surface area contributed by atoms with E-state index in [1.54, 1.807) is 0 Å². The Balaban J connectivity index is 1.31. The van der Waals surface area contributed by atoms with Gasteiger partial charge in [0.15, 0.2) is 6.61 Å². The van der Waals surface area contributed by atoms with Crippen LogP contribution in [0.5, 0.6) is 0 Å². The summed E-state index contributed by atoms with van der Waals surface area (Å²) in [4.78, 5) is 24.9. The van der Waals surface area contributed by atoms with Gasteiger partial charge in [-0.05, 0) is 67.7 Å². The average Bonchev–Trinajstić information content (AvgIpc) is 3.54. The first-order valence-corrected chi connectivity index (χ1v) is 10.2. The van der Waals surface area contributed by atoms with Crippen molar-refractivity contribution in [3.8, 4) is 0 Å². The van der Waals surface area contributed by atoms with E-state index >= 15 is 0 Å². The molecule has 4 nitrogen and oxygen atoms in total. The Hall–Kier alpha value is -2.62. The molecule has 2 aliphatic rings. The van der Waals surface area contributed by atoms with Crippen molar-refractivity contribution in [3.05, 3.63) is 70.8 Å². The zero-order valence-electron chi connectivity index (χ0n) is 16.4. The lowest BCUT2D eigenvalue weighted by Crippen LogP contribution is -2.33. The predicted molar refractivity (Wildman–Crippen MR) is 108 cm³/mol. The molecule has 0 heterocycles. The summed E-state index contributed by atoms with van der Waals surface area (Å²) in [5.74, 6) is -0.558. The lowest BCUT2D eigenvalue weighted by Gasteiger charge is -2.20. The number of aryl methyl sites for hydroxylation is 2. The number of carbonyl (C=O) groups excluding carboxylic acids is 2. The zero-order chi connectivity index (χ0) is 19.6. The molecule has 0 radical (unpaired) electrons. The summed E-state index contributed by atoms with van der Waals surface area (Å²) in [7, 11) is 0. The fraction of sp³-hybridized carbons (Fsp3) is 0.417. The van der Waals surface area contributed by atoms with E-state index in [1.807, 2.05) is 37.3 Å². The van der Waals surface area contributed by atoms with Gasteiger partial charge in [0, 0.05) is 0 Å². The molecule has 1 atom stereocenters. The molecule has 1 fully saturated rings. The molecular formula is C24H27NO3. The molecule has 0 spiro atoms. The van der Waals surface area contributed by atoms with Gasteiger partial charge in [-0.2, -0.15) is 0 Å². The second kappa shape index (κ2) is 7.78. The van der Waals surface area contributed by atoms with Crippen molar-refractivity contribution in [3.63, 3.8) is 0 Å². The number of benzene rings is 2. The Morgan fingerprint density at radius 3 is 2.46 bits per heavy atom. The van der Waals surface area contributed by atoms with E-state index in [0.29, 0.717) is 0 Å². The van der Waals surface area contributed by atoms with Gasteiger partial charge in [0.05, 0.1) is 11.5 Å². The maximum absolute atomic E-state index is 12.5. The topological polar surface area (TPSA) is 55.4 Å². The van der Waals surface area contributed by atoms with Crippen molar-refractivity contribution < 1.29 is 14.3 Å². The number of carbonyl (C=O) groups is 2. The minimum Gasteiger partial charge on any atom is -0.455 e. The van der Waals surface area contributed by atoms with E-state index < -0.39 is 5.41 Å². The molecule has 2 aliphatic carbocycles. The van der Waals surface area contributed by atoms with Gasteiger partial charge in [0.1, 0.15) is 0 Å². The van der Waals surface area contributed by atoms with Crippen LogP contribution in [0, 0.1) is 0 Å². The number of ether oxygens (including phenoxy) is 1. The van der Waals surface area contributed by atoms with Gasteiger partial charge in [-0.25, -0.2) is 0 Å². The summed E-state index contributed by atoms with van der Waals surface area (Å²) >= 11 is 0. The van der Waals surface area contributed by atoms with Gasteiger partial charge in [0.25, 0.3) is 5.91 Å². The standard InChI is InChI=1S/C24H27NO3/c1-17(19-12-11-18-7-5-6-8-20(18)15-19)25-22(26)16-28-23(27)24(13-14-24)21-9-3-2-4-10-21/h2-4,9-12,15,17H,5-8,13-14,16H2,1H3,(H,25,26)/t17-/m1/s1. The van der Waals surface area contributed by atoms with Gasteiger partial charge < -0.3 is 10.1 Å². The number of esters is 1. The number of rotatable bonds is 6. The average molecular weight is 377 g/mol. The number of hydrogen-bond donors (Lipinski definition) is 1. The maximum atomic E-state index is 12.5. The summed E-state index contributed by atoms with van der Waals surface area (Å²) in [5, 5.41) is 2.95. The lowest BCUT2D eigenvalue weighted by molar-refractivity contribution is -0.151. The Labute approximate surface area is 166 Å². The van der Waals surface area contributed by atoms with E-state index in [2.05, 4.69) is 23.5 Å². The summed E-state index contributed by atoms with van der Waals surface area (Å²) in [6.45, 7) is 1.74. The SMILES string of the molecule is C[C@@H](NC(=O)COC(=O)C1(c2ccccc2)CC1)c1ccc2c(c1)CCCC2. The second-order valence-corrected chi connectivity index (χ2v) is 8.05. The van der Waals surface area contributed by atoms with Gasteiger partial charge in [-0.1, -0.05) is 48.5 Å². The van der Waals surface area contributed by atoms with Crippen LogP contribution in [0.3, 0.4) is 0 Å². The van der Waals surface area contributed by atoms with Gasteiger partial charge in [0.2, 0.25) is 0 Å². The highest BCUT2D eigenvalue weighted by molar-refractivity contribution is 5.89. The number of nitrogens with one attached hydrogen (secondary N) is 1. The molecule has 4 heteroatoms.